The van der Waals surface area contributed by atoms with E-state index < -0.39 is 10.0 Å². The predicted octanol–water partition coefficient (Wildman–Crippen LogP) is 0.661. The van der Waals surface area contributed by atoms with Gasteiger partial charge in [0.15, 0.2) is 0 Å². The van der Waals surface area contributed by atoms with Gasteiger partial charge in [0.1, 0.15) is 0 Å². The Labute approximate surface area is 124 Å². The average molecular weight is 314 g/mol. The van der Waals surface area contributed by atoms with Crippen LogP contribution in [-0.2, 0) is 16.4 Å². The average Bonchev–Trinajstić information content (AvgIpc) is 2.87. The van der Waals surface area contributed by atoms with E-state index in [-0.39, 0.29) is 17.5 Å². The van der Waals surface area contributed by atoms with Crippen LogP contribution in [0.25, 0.3) is 0 Å². The molecule has 1 aromatic rings. The van der Waals surface area contributed by atoms with Crippen molar-refractivity contribution in [1.82, 2.24) is 4.31 Å². The first-order chi connectivity index (χ1) is 9.45. The zero-order chi connectivity index (χ0) is 14.8. The van der Waals surface area contributed by atoms with Crippen molar-refractivity contribution in [1.29, 1.82) is 0 Å². The summed E-state index contributed by atoms with van der Waals surface area (Å²) in [6, 6.07) is 6.26. The van der Waals surface area contributed by atoms with Crippen molar-refractivity contribution in [3.8, 4) is 0 Å². The van der Waals surface area contributed by atoms with Gasteiger partial charge in [-0.2, -0.15) is 4.31 Å². The Bertz CT molecular complexity index is 584. The minimum Gasteiger partial charge on any atom is -0.395 e. The van der Waals surface area contributed by atoms with E-state index in [0.717, 1.165) is 12.0 Å². The molecule has 3 N–H and O–H groups in total. The molecule has 1 fully saturated rings. The minimum absolute atomic E-state index is 0.140. The van der Waals surface area contributed by atoms with E-state index in [1.54, 1.807) is 24.3 Å². The maximum absolute atomic E-state index is 12.5. The highest BCUT2D eigenvalue weighted by Gasteiger charge is 2.34. The Hall–Kier alpha value is -1.02. The lowest BCUT2D eigenvalue weighted by molar-refractivity contribution is 0.213. The van der Waals surface area contributed by atoms with Gasteiger partial charge in [-0.25, -0.2) is 8.42 Å². The van der Waals surface area contributed by atoms with Crippen LogP contribution in [-0.4, -0.2) is 42.0 Å². The predicted molar refractivity (Wildman–Crippen MR) is 80.9 cm³/mol. The summed E-state index contributed by atoms with van der Waals surface area (Å²) >= 11 is 4.83. The number of sulfonamides is 1. The van der Waals surface area contributed by atoms with Gasteiger partial charge in [0.25, 0.3) is 0 Å². The highest BCUT2D eigenvalue weighted by atomic mass is 32.2. The number of nitrogens with zero attached hydrogens (tertiary/aromatic N) is 1. The first-order valence-electron chi connectivity index (χ1n) is 6.45. The fourth-order valence-corrected chi connectivity index (χ4v) is 4.28. The molecular formula is C13H18N2O3S2. The van der Waals surface area contributed by atoms with Gasteiger partial charge in [-0.3, -0.25) is 0 Å². The summed E-state index contributed by atoms with van der Waals surface area (Å²) in [5, 5.41) is 9.26. The molecule has 0 aliphatic carbocycles. The van der Waals surface area contributed by atoms with Crippen LogP contribution in [0.3, 0.4) is 0 Å². The van der Waals surface area contributed by atoms with Crippen molar-refractivity contribution in [2.45, 2.75) is 30.2 Å². The molecule has 1 atom stereocenters. The number of rotatable bonds is 5. The molecule has 0 amide bonds. The van der Waals surface area contributed by atoms with Crippen molar-refractivity contribution < 1.29 is 13.5 Å². The normalized spacial score (nSPS) is 20.1. The van der Waals surface area contributed by atoms with Gasteiger partial charge in [-0.15, -0.1) is 0 Å². The third-order valence-electron chi connectivity index (χ3n) is 3.44. The van der Waals surface area contributed by atoms with Crippen LogP contribution in [0.4, 0.5) is 0 Å². The number of aliphatic hydroxyl groups is 1. The van der Waals surface area contributed by atoms with Crippen LogP contribution in [0, 0.1) is 0 Å². The first-order valence-corrected chi connectivity index (χ1v) is 8.30. The SMILES string of the molecule is NC(=S)Cc1ccc(S(=O)(=O)N2CCCC2CO)cc1. The zero-order valence-electron chi connectivity index (χ0n) is 11.0. The molecule has 0 radical (unpaired) electrons. The summed E-state index contributed by atoms with van der Waals surface area (Å²) in [5.74, 6) is 0. The molecule has 5 nitrogen and oxygen atoms in total. The second-order valence-corrected chi connectivity index (χ2v) is 7.30. The number of nitrogens with two attached hydrogens (primary N) is 1. The van der Waals surface area contributed by atoms with Crippen LogP contribution in [0.2, 0.25) is 0 Å². The Morgan fingerprint density at radius 3 is 2.60 bits per heavy atom. The molecule has 1 unspecified atom stereocenters. The third-order valence-corrected chi connectivity index (χ3v) is 5.55. The maximum atomic E-state index is 12.5. The van der Waals surface area contributed by atoms with Crippen LogP contribution < -0.4 is 5.73 Å². The molecule has 1 aliphatic heterocycles. The second kappa shape index (κ2) is 6.17. The number of hydrogen-bond donors (Lipinski definition) is 2. The molecule has 0 saturated carbocycles. The minimum atomic E-state index is -3.54. The van der Waals surface area contributed by atoms with Crippen LogP contribution in [0.15, 0.2) is 29.2 Å². The monoisotopic (exact) mass is 314 g/mol. The molecule has 7 heteroatoms. The highest BCUT2D eigenvalue weighted by molar-refractivity contribution is 7.89. The summed E-state index contributed by atoms with van der Waals surface area (Å²) in [6.07, 6.45) is 1.94. The van der Waals surface area contributed by atoms with E-state index in [1.807, 2.05) is 0 Å². The van der Waals surface area contributed by atoms with Crippen molar-refractivity contribution in [2.24, 2.45) is 5.73 Å². The lowest BCUT2D eigenvalue weighted by Crippen LogP contribution is -2.37. The quantitative estimate of drug-likeness (QED) is 0.780. The van der Waals surface area contributed by atoms with Gasteiger partial charge >= 0.3 is 0 Å². The largest absolute Gasteiger partial charge is 0.395 e. The van der Waals surface area contributed by atoms with Crippen molar-refractivity contribution in [3.05, 3.63) is 29.8 Å². The van der Waals surface area contributed by atoms with Gasteiger partial charge in [0.2, 0.25) is 10.0 Å². The van der Waals surface area contributed by atoms with E-state index in [4.69, 9.17) is 18.0 Å². The Morgan fingerprint density at radius 2 is 2.05 bits per heavy atom. The van der Waals surface area contributed by atoms with Gasteiger partial charge < -0.3 is 10.8 Å². The molecule has 1 aliphatic rings. The van der Waals surface area contributed by atoms with E-state index in [2.05, 4.69) is 0 Å². The molecule has 110 valence electrons. The second-order valence-electron chi connectivity index (χ2n) is 4.88. The molecule has 2 rings (SSSR count). The number of benzene rings is 1. The molecule has 1 saturated heterocycles. The van der Waals surface area contributed by atoms with E-state index in [9.17, 15) is 13.5 Å². The maximum Gasteiger partial charge on any atom is 0.243 e. The summed E-state index contributed by atoms with van der Waals surface area (Å²) in [5.41, 5.74) is 6.35. The summed E-state index contributed by atoms with van der Waals surface area (Å²) < 4.78 is 26.4. The van der Waals surface area contributed by atoms with Crippen molar-refractivity contribution in [3.63, 3.8) is 0 Å². The lowest BCUT2D eigenvalue weighted by Gasteiger charge is -2.22. The van der Waals surface area contributed by atoms with E-state index in [1.165, 1.54) is 4.31 Å². The molecule has 0 spiro atoms. The topological polar surface area (TPSA) is 83.6 Å². The standard InChI is InChI=1S/C13H18N2O3S2/c14-13(19)8-10-3-5-12(6-4-10)20(17,18)15-7-1-2-11(15)9-16/h3-6,11,16H,1-2,7-9H2,(H2,14,19). The Balaban J connectivity index is 2.23. The van der Waals surface area contributed by atoms with Gasteiger partial charge in [0.05, 0.1) is 16.5 Å². The zero-order valence-corrected chi connectivity index (χ0v) is 12.7. The summed E-state index contributed by atoms with van der Waals surface area (Å²) in [4.78, 5) is 0.616. The van der Waals surface area contributed by atoms with Gasteiger partial charge in [-0.1, -0.05) is 24.4 Å². The van der Waals surface area contributed by atoms with E-state index >= 15 is 0 Å². The van der Waals surface area contributed by atoms with E-state index in [0.29, 0.717) is 24.4 Å². The van der Waals surface area contributed by atoms with Gasteiger partial charge in [0, 0.05) is 19.0 Å². The molecule has 20 heavy (non-hydrogen) atoms. The fourth-order valence-electron chi connectivity index (χ4n) is 2.42. The number of aliphatic hydroxyl groups excluding tert-OH is 1. The van der Waals surface area contributed by atoms with Crippen LogP contribution in [0.5, 0.6) is 0 Å². The van der Waals surface area contributed by atoms with Gasteiger partial charge in [-0.05, 0) is 30.5 Å². The molecule has 1 aromatic carbocycles. The fraction of sp³-hybridized carbons (Fsp3) is 0.462. The Morgan fingerprint density at radius 1 is 1.40 bits per heavy atom. The number of hydrogen-bond acceptors (Lipinski definition) is 4. The third kappa shape index (κ3) is 3.17. The Kier molecular flexibility index (Phi) is 4.74. The summed E-state index contributed by atoms with van der Waals surface area (Å²) in [7, 11) is -3.54. The van der Waals surface area contributed by atoms with Crippen LogP contribution in [0.1, 0.15) is 18.4 Å². The van der Waals surface area contributed by atoms with Crippen LogP contribution >= 0.6 is 12.2 Å². The smallest absolute Gasteiger partial charge is 0.243 e. The van der Waals surface area contributed by atoms with Crippen molar-refractivity contribution in [2.75, 3.05) is 13.2 Å². The molecular weight excluding hydrogens is 296 g/mol. The van der Waals surface area contributed by atoms with Crippen molar-refractivity contribution >= 4 is 27.2 Å². The lowest BCUT2D eigenvalue weighted by atomic mass is 10.1. The molecule has 1 heterocycles. The highest BCUT2D eigenvalue weighted by Crippen LogP contribution is 2.25. The first kappa shape index (κ1) is 15.4. The molecule has 0 bridgehead atoms. The number of thiocarbonyl (C=S) groups is 1. The molecule has 0 aromatic heterocycles. The summed E-state index contributed by atoms with van der Waals surface area (Å²) in [6.45, 7) is 0.320.